The van der Waals surface area contributed by atoms with Crippen molar-refractivity contribution in [2.45, 2.75) is 17.9 Å². The largest absolute Gasteiger partial charge is 0.492 e. The van der Waals surface area contributed by atoms with E-state index >= 15 is 0 Å². The third kappa shape index (κ3) is 7.02. The lowest BCUT2D eigenvalue weighted by molar-refractivity contribution is 0.229. The van der Waals surface area contributed by atoms with Crippen molar-refractivity contribution < 1.29 is 4.74 Å². The van der Waals surface area contributed by atoms with Crippen molar-refractivity contribution in [2.75, 3.05) is 13.2 Å². The van der Waals surface area contributed by atoms with Crippen molar-refractivity contribution in [3.05, 3.63) is 101 Å². The van der Waals surface area contributed by atoms with E-state index in [-0.39, 0.29) is 4.83 Å². The third-order valence-electron chi connectivity index (χ3n) is 4.20. The molecule has 1 atom stereocenters. The van der Waals surface area contributed by atoms with Crippen LogP contribution in [0.15, 0.2) is 84.9 Å². The topological polar surface area (TPSA) is 12.5 Å². The first-order valence-electron chi connectivity index (χ1n) is 9.02. The van der Waals surface area contributed by atoms with Gasteiger partial charge in [0.15, 0.2) is 0 Å². The van der Waals surface area contributed by atoms with Gasteiger partial charge < -0.3 is 4.74 Å². The van der Waals surface area contributed by atoms with Gasteiger partial charge in [-0.05, 0) is 35.4 Å². The Morgan fingerprint density at radius 3 is 1.96 bits per heavy atom. The zero-order valence-corrected chi connectivity index (χ0v) is 17.4. The van der Waals surface area contributed by atoms with Crippen LogP contribution in [-0.4, -0.2) is 22.9 Å². The van der Waals surface area contributed by atoms with E-state index in [4.69, 9.17) is 16.3 Å². The van der Waals surface area contributed by atoms with Crippen molar-refractivity contribution in [2.24, 2.45) is 0 Å². The highest BCUT2D eigenvalue weighted by Gasteiger charge is 2.14. The van der Waals surface area contributed by atoms with Gasteiger partial charge in [0.25, 0.3) is 0 Å². The number of hydrogen-bond donors (Lipinski definition) is 0. The standard InChI is InChI=1S/C23H23BrClNO/c24-21(18-27-23-9-5-2-6-10-23)17-26(15-19-7-3-1-4-8-19)16-20-11-13-22(25)14-12-20/h1-14,21H,15-18H2. The summed E-state index contributed by atoms with van der Waals surface area (Å²) in [5.74, 6) is 0.897. The van der Waals surface area contributed by atoms with E-state index in [0.717, 1.165) is 30.4 Å². The van der Waals surface area contributed by atoms with Gasteiger partial charge in [-0.25, -0.2) is 0 Å². The van der Waals surface area contributed by atoms with E-state index in [1.807, 2.05) is 48.5 Å². The van der Waals surface area contributed by atoms with Crippen LogP contribution >= 0.6 is 27.5 Å². The van der Waals surface area contributed by atoms with Crippen LogP contribution in [0.1, 0.15) is 11.1 Å². The number of rotatable bonds is 9. The van der Waals surface area contributed by atoms with E-state index < -0.39 is 0 Å². The molecular formula is C23H23BrClNO. The molecule has 0 fully saturated rings. The van der Waals surface area contributed by atoms with Crippen LogP contribution in [0.2, 0.25) is 5.02 Å². The number of alkyl halides is 1. The molecule has 0 aliphatic carbocycles. The Labute approximate surface area is 174 Å². The molecule has 3 aromatic rings. The molecule has 0 bridgehead atoms. The van der Waals surface area contributed by atoms with Crippen molar-refractivity contribution in [1.29, 1.82) is 0 Å². The van der Waals surface area contributed by atoms with Crippen molar-refractivity contribution in [3.63, 3.8) is 0 Å². The Bertz CT molecular complexity index is 796. The number of benzene rings is 3. The Kier molecular flexibility index (Phi) is 7.76. The van der Waals surface area contributed by atoms with E-state index in [9.17, 15) is 0 Å². The van der Waals surface area contributed by atoms with Gasteiger partial charge in [-0.15, -0.1) is 0 Å². The molecule has 3 aromatic carbocycles. The summed E-state index contributed by atoms with van der Waals surface area (Å²) in [6.45, 7) is 3.25. The molecule has 0 N–H and O–H groups in total. The summed E-state index contributed by atoms with van der Waals surface area (Å²) in [6, 6.07) is 28.5. The van der Waals surface area contributed by atoms with Gasteiger partial charge in [0.05, 0.1) is 4.83 Å². The quantitative estimate of drug-likeness (QED) is 0.365. The number of nitrogens with zero attached hydrogens (tertiary/aromatic N) is 1. The highest BCUT2D eigenvalue weighted by molar-refractivity contribution is 9.09. The maximum Gasteiger partial charge on any atom is 0.119 e. The van der Waals surface area contributed by atoms with Crippen LogP contribution in [0, 0.1) is 0 Å². The molecule has 0 heterocycles. The van der Waals surface area contributed by atoms with E-state index in [1.165, 1.54) is 11.1 Å². The Hall–Kier alpha value is -1.81. The predicted molar refractivity (Wildman–Crippen MR) is 117 cm³/mol. The second-order valence-corrected chi connectivity index (χ2v) is 8.23. The SMILES string of the molecule is Clc1ccc(CN(Cc2ccccc2)CC(Br)COc2ccccc2)cc1. The smallest absolute Gasteiger partial charge is 0.119 e. The highest BCUT2D eigenvalue weighted by atomic mass is 79.9. The van der Waals surface area contributed by atoms with Gasteiger partial charge >= 0.3 is 0 Å². The highest BCUT2D eigenvalue weighted by Crippen LogP contribution is 2.17. The average molecular weight is 445 g/mol. The Morgan fingerprint density at radius 2 is 1.33 bits per heavy atom. The lowest BCUT2D eigenvalue weighted by Gasteiger charge is -2.25. The second-order valence-electron chi connectivity index (χ2n) is 6.50. The van der Waals surface area contributed by atoms with Gasteiger partial charge in [-0.3, -0.25) is 4.90 Å². The van der Waals surface area contributed by atoms with Crippen LogP contribution in [0.5, 0.6) is 5.75 Å². The molecule has 0 aromatic heterocycles. The zero-order chi connectivity index (χ0) is 18.9. The Balaban J connectivity index is 1.62. The maximum absolute atomic E-state index is 6.02. The van der Waals surface area contributed by atoms with E-state index in [1.54, 1.807) is 0 Å². The molecule has 0 radical (unpaired) electrons. The number of para-hydroxylation sites is 1. The summed E-state index contributed by atoms with van der Waals surface area (Å²) in [7, 11) is 0. The molecule has 4 heteroatoms. The minimum atomic E-state index is 0.230. The Morgan fingerprint density at radius 1 is 0.778 bits per heavy atom. The first-order valence-corrected chi connectivity index (χ1v) is 10.3. The van der Waals surface area contributed by atoms with Crippen LogP contribution in [-0.2, 0) is 13.1 Å². The summed E-state index contributed by atoms with van der Waals surface area (Å²) in [5.41, 5.74) is 2.55. The molecule has 0 aliphatic heterocycles. The van der Waals surface area contributed by atoms with Gasteiger partial charge in [0.2, 0.25) is 0 Å². The summed E-state index contributed by atoms with van der Waals surface area (Å²) in [6.07, 6.45) is 0. The van der Waals surface area contributed by atoms with Crippen LogP contribution < -0.4 is 4.74 Å². The van der Waals surface area contributed by atoms with E-state index in [0.29, 0.717) is 6.61 Å². The van der Waals surface area contributed by atoms with Crippen LogP contribution in [0.4, 0.5) is 0 Å². The molecule has 0 amide bonds. The number of halogens is 2. The van der Waals surface area contributed by atoms with Crippen molar-refractivity contribution in [3.8, 4) is 5.75 Å². The fourth-order valence-corrected chi connectivity index (χ4v) is 3.58. The molecule has 0 spiro atoms. The monoisotopic (exact) mass is 443 g/mol. The van der Waals surface area contributed by atoms with Gasteiger partial charge in [0.1, 0.15) is 12.4 Å². The lowest BCUT2D eigenvalue weighted by atomic mass is 10.1. The molecule has 27 heavy (non-hydrogen) atoms. The van der Waals surface area contributed by atoms with Gasteiger partial charge in [-0.1, -0.05) is 88.2 Å². The number of hydrogen-bond acceptors (Lipinski definition) is 2. The second kappa shape index (κ2) is 10.5. The predicted octanol–water partition coefficient (Wildman–Crippen LogP) is 6.18. The molecule has 140 valence electrons. The zero-order valence-electron chi connectivity index (χ0n) is 15.1. The van der Waals surface area contributed by atoms with Gasteiger partial charge in [0, 0.05) is 24.7 Å². The van der Waals surface area contributed by atoms with Crippen LogP contribution in [0.25, 0.3) is 0 Å². The fraction of sp³-hybridized carbons (Fsp3) is 0.217. The molecule has 0 saturated heterocycles. The summed E-state index contributed by atoms with van der Waals surface area (Å²) >= 11 is 9.81. The van der Waals surface area contributed by atoms with Crippen LogP contribution in [0.3, 0.4) is 0 Å². The minimum absolute atomic E-state index is 0.230. The first-order chi connectivity index (χ1) is 13.2. The molecule has 2 nitrogen and oxygen atoms in total. The fourth-order valence-electron chi connectivity index (χ4n) is 2.91. The molecule has 3 rings (SSSR count). The lowest BCUT2D eigenvalue weighted by Crippen LogP contribution is -2.32. The average Bonchev–Trinajstić information content (AvgIpc) is 2.70. The third-order valence-corrected chi connectivity index (χ3v) is 5.00. The molecular weight excluding hydrogens is 422 g/mol. The van der Waals surface area contributed by atoms with E-state index in [2.05, 4.69) is 57.2 Å². The minimum Gasteiger partial charge on any atom is -0.492 e. The van der Waals surface area contributed by atoms with Gasteiger partial charge in [-0.2, -0.15) is 0 Å². The molecule has 0 saturated carbocycles. The molecule has 0 aliphatic rings. The normalized spacial score (nSPS) is 12.1. The summed E-state index contributed by atoms with van der Waals surface area (Å²) in [5, 5.41) is 0.767. The first kappa shape index (κ1) is 19.9. The van der Waals surface area contributed by atoms with Crippen molar-refractivity contribution >= 4 is 27.5 Å². The number of ether oxygens (including phenoxy) is 1. The summed E-state index contributed by atoms with van der Waals surface area (Å²) in [4.78, 5) is 2.65. The van der Waals surface area contributed by atoms with Crippen molar-refractivity contribution in [1.82, 2.24) is 4.90 Å². The molecule has 1 unspecified atom stereocenters. The maximum atomic E-state index is 6.02. The summed E-state index contributed by atoms with van der Waals surface area (Å²) < 4.78 is 5.89.